The average molecular weight is 305 g/mol. The number of ether oxygens (including phenoxy) is 1. The number of hydrogen-bond donors (Lipinski definition) is 1. The first-order chi connectivity index (χ1) is 9.72. The second kappa shape index (κ2) is 5.15. The maximum atomic E-state index is 13.4. The SMILES string of the molecule is COc1cc(-c2cc(C(F)(F)F)nc(N)n2)cc(F)c1F. The zero-order valence-corrected chi connectivity index (χ0v) is 10.5. The number of alkyl halides is 3. The Bertz CT molecular complexity index is 687. The van der Waals surface area contributed by atoms with Gasteiger partial charge < -0.3 is 10.5 Å². The molecule has 1 heterocycles. The predicted molar refractivity (Wildman–Crippen MR) is 63.4 cm³/mol. The number of aromatic nitrogens is 2. The third kappa shape index (κ3) is 3.01. The number of nitrogen functional groups attached to an aromatic ring is 1. The van der Waals surface area contributed by atoms with Crippen LogP contribution in [0.5, 0.6) is 5.75 Å². The summed E-state index contributed by atoms with van der Waals surface area (Å²) in [6, 6.07) is 2.29. The van der Waals surface area contributed by atoms with Crippen molar-refractivity contribution in [3.05, 3.63) is 35.5 Å². The van der Waals surface area contributed by atoms with Crippen LogP contribution in [0.4, 0.5) is 27.9 Å². The van der Waals surface area contributed by atoms with Gasteiger partial charge in [0.05, 0.1) is 12.8 Å². The molecule has 0 unspecified atom stereocenters. The van der Waals surface area contributed by atoms with Gasteiger partial charge in [0.15, 0.2) is 17.3 Å². The third-order valence-corrected chi connectivity index (χ3v) is 2.54. The van der Waals surface area contributed by atoms with Crippen molar-refractivity contribution in [2.75, 3.05) is 12.8 Å². The van der Waals surface area contributed by atoms with Gasteiger partial charge in [0.1, 0.15) is 0 Å². The van der Waals surface area contributed by atoms with E-state index in [2.05, 4.69) is 14.7 Å². The van der Waals surface area contributed by atoms with Gasteiger partial charge in [0.25, 0.3) is 0 Å². The highest BCUT2D eigenvalue weighted by Gasteiger charge is 2.33. The summed E-state index contributed by atoms with van der Waals surface area (Å²) in [5.74, 6) is -3.63. The van der Waals surface area contributed by atoms with Crippen molar-refractivity contribution in [3.63, 3.8) is 0 Å². The molecule has 4 nitrogen and oxygen atoms in total. The topological polar surface area (TPSA) is 61.0 Å². The lowest BCUT2D eigenvalue weighted by atomic mass is 10.1. The number of nitrogens with zero attached hydrogens (tertiary/aromatic N) is 2. The van der Waals surface area contributed by atoms with Crippen molar-refractivity contribution in [2.45, 2.75) is 6.18 Å². The number of benzene rings is 1. The molecule has 2 N–H and O–H groups in total. The van der Waals surface area contributed by atoms with Crippen LogP contribution in [0.25, 0.3) is 11.3 Å². The fourth-order valence-corrected chi connectivity index (χ4v) is 1.62. The number of nitrogens with two attached hydrogens (primary N) is 1. The van der Waals surface area contributed by atoms with Crippen molar-refractivity contribution < 1.29 is 26.7 Å². The molecule has 0 aliphatic carbocycles. The summed E-state index contributed by atoms with van der Waals surface area (Å²) in [7, 11) is 1.09. The van der Waals surface area contributed by atoms with E-state index < -0.39 is 35.2 Å². The zero-order valence-electron chi connectivity index (χ0n) is 10.5. The van der Waals surface area contributed by atoms with Crippen molar-refractivity contribution in [3.8, 4) is 17.0 Å². The van der Waals surface area contributed by atoms with Gasteiger partial charge in [-0.2, -0.15) is 17.6 Å². The lowest BCUT2D eigenvalue weighted by Gasteiger charge is -2.10. The summed E-state index contributed by atoms with van der Waals surface area (Å²) < 4.78 is 69.3. The molecular weight excluding hydrogens is 297 g/mol. The Morgan fingerprint density at radius 1 is 1.10 bits per heavy atom. The molecule has 0 saturated heterocycles. The van der Waals surface area contributed by atoms with Crippen molar-refractivity contribution in [1.82, 2.24) is 9.97 Å². The second-order valence-electron chi connectivity index (χ2n) is 3.97. The minimum absolute atomic E-state index is 0.120. The molecule has 21 heavy (non-hydrogen) atoms. The molecular formula is C12H8F5N3O. The van der Waals surface area contributed by atoms with Gasteiger partial charge in [-0.25, -0.2) is 14.4 Å². The largest absolute Gasteiger partial charge is 0.494 e. The summed E-state index contributed by atoms with van der Waals surface area (Å²) in [4.78, 5) is 6.64. The highest BCUT2D eigenvalue weighted by molar-refractivity contribution is 5.63. The van der Waals surface area contributed by atoms with Gasteiger partial charge in [-0.05, 0) is 18.2 Å². The monoisotopic (exact) mass is 305 g/mol. The molecule has 0 radical (unpaired) electrons. The van der Waals surface area contributed by atoms with Crippen LogP contribution in [0.3, 0.4) is 0 Å². The Labute approximate surface area is 115 Å². The van der Waals surface area contributed by atoms with Crippen LogP contribution in [0.15, 0.2) is 18.2 Å². The molecule has 2 rings (SSSR count). The van der Waals surface area contributed by atoms with Crippen molar-refractivity contribution in [1.29, 1.82) is 0 Å². The molecule has 0 spiro atoms. The minimum atomic E-state index is -4.74. The van der Waals surface area contributed by atoms with Gasteiger partial charge in [-0.1, -0.05) is 0 Å². The molecule has 0 amide bonds. The lowest BCUT2D eigenvalue weighted by molar-refractivity contribution is -0.141. The van der Waals surface area contributed by atoms with Crippen LogP contribution in [-0.4, -0.2) is 17.1 Å². The van der Waals surface area contributed by atoms with E-state index in [1.54, 1.807) is 0 Å². The van der Waals surface area contributed by atoms with Crippen LogP contribution in [-0.2, 0) is 6.18 Å². The second-order valence-corrected chi connectivity index (χ2v) is 3.97. The molecule has 9 heteroatoms. The molecule has 1 aromatic heterocycles. The Balaban J connectivity index is 2.62. The Morgan fingerprint density at radius 2 is 1.76 bits per heavy atom. The van der Waals surface area contributed by atoms with E-state index >= 15 is 0 Å². The van der Waals surface area contributed by atoms with E-state index in [1.807, 2.05) is 0 Å². The van der Waals surface area contributed by atoms with Gasteiger partial charge in [-0.3, -0.25) is 0 Å². The predicted octanol–water partition coefficient (Wildman–Crippen LogP) is 3.03. The van der Waals surface area contributed by atoms with E-state index in [9.17, 15) is 22.0 Å². The van der Waals surface area contributed by atoms with E-state index in [-0.39, 0.29) is 11.3 Å². The number of methoxy groups -OCH3 is 1. The normalized spacial score (nSPS) is 11.5. The maximum absolute atomic E-state index is 13.4. The van der Waals surface area contributed by atoms with E-state index in [1.165, 1.54) is 0 Å². The van der Waals surface area contributed by atoms with Gasteiger partial charge in [0, 0.05) is 5.56 Å². The fraction of sp³-hybridized carbons (Fsp3) is 0.167. The average Bonchev–Trinajstić information content (AvgIpc) is 2.40. The summed E-state index contributed by atoms with van der Waals surface area (Å²) in [5.41, 5.74) is 3.51. The Kier molecular flexibility index (Phi) is 3.67. The molecule has 0 atom stereocenters. The van der Waals surface area contributed by atoms with E-state index in [0.29, 0.717) is 12.1 Å². The quantitative estimate of drug-likeness (QED) is 0.866. The molecule has 0 aliphatic rings. The number of anilines is 1. The number of rotatable bonds is 2. The van der Waals surface area contributed by atoms with Crippen LogP contribution in [0.2, 0.25) is 0 Å². The highest BCUT2D eigenvalue weighted by Crippen LogP contribution is 2.32. The van der Waals surface area contributed by atoms with Gasteiger partial charge in [0.2, 0.25) is 11.8 Å². The first kappa shape index (κ1) is 14.9. The Hall–Kier alpha value is -2.45. The molecule has 0 saturated carbocycles. The molecule has 2 aromatic rings. The van der Waals surface area contributed by atoms with Crippen molar-refractivity contribution in [2.24, 2.45) is 0 Å². The maximum Gasteiger partial charge on any atom is 0.433 e. The van der Waals surface area contributed by atoms with Crippen LogP contribution in [0, 0.1) is 11.6 Å². The highest BCUT2D eigenvalue weighted by atomic mass is 19.4. The first-order valence-corrected chi connectivity index (χ1v) is 5.47. The molecule has 0 aliphatic heterocycles. The van der Waals surface area contributed by atoms with Crippen LogP contribution in [0.1, 0.15) is 5.69 Å². The first-order valence-electron chi connectivity index (χ1n) is 5.47. The standard InChI is InChI=1S/C12H8F5N3O/c1-21-8-3-5(2-6(13)10(8)14)7-4-9(12(15,16)17)20-11(18)19-7/h2-4H,1H3,(H2,18,19,20). The molecule has 112 valence electrons. The number of hydrogen-bond acceptors (Lipinski definition) is 4. The fourth-order valence-electron chi connectivity index (χ4n) is 1.62. The molecule has 0 fully saturated rings. The van der Waals surface area contributed by atoms with E-state index in [4.69, 9.17) is 5.73 Å². The van der Waals surface area contributed by atoms with Gasteiger partial charge in [-0.15, -0.1) is 0 Å². The van der Waals surface area contributed by atoms with E-state index in [0.717, 1.165) is 13.2 Å². The van der Waals surface area contributed by atoms with Crippen molar-refractivity contribution >= 4 is 5.95 Å². The smallest absolute Gasteiger partial charge is 0.433 e. The van der Waals surface area contributed by atoms with Crippen LogP contribution >= 0.6 is 0 Å². The Morgan fingerprint density at radius 3 is 2.33 bits per heavy atom. The summed E-state index contributed by atoms with van der Waals surface area (Å²) in [6.07, 6.45) is -4.74. The summed E-state index contributed by atoms with van der Waals surface area (Å²) in [6.45, 7) is 0. The minimum Gasteiger partial charge on any atom is -0.494 e. The summed E-state index contributed by atoms with van der Waals surface area (Å²) in [5, 5.41) is 0. The third-order valence-electron chi connectivity index (χ3n) is 2.54. The molecule has 0 bridgehead atoms. The molecule has 1 aromatic carbocycles. The lowest BCUT2D eigenvalue weighted by Crippen LogP contribution is -2.11. The van der Waals surface area contributed by atoms with Crippen LogP contribution < -0.4 is 10.5 Å². The van der Waals surface area contributed by atoms with Gasteiger partial charge >= 0.3 is 6.18 Å². The summed E-state index contributed by atoms with van der Waals surface area (Å²) >= 11 is 0. The zero-order chi connectivity index (χ0) is 15.8. The number of halogens is 5.